The zero-order valence-corrected chi connectivity index (χ0v) is 18.5. The molecule has 1 heterocycles. The molecule has 0 spiro atoms. The second-order valence-electron chi connectivity index (χ2n) is 8.68. The molecule has 2 amide bonds. The van der Waals surface area contributed by atoms with Crippen molar-refractivity contribution in [2.24, 2.45) is 5.92 Å². The summed E-state index contributed by atoms with van der Waals surface area (Å²) in [5.74, 6) is 0.959. The largest absolute Gasteiger partial charge is 0.484 e. The number of carbonyl (C=O) groups excluding carboxylic acids is 2. The highest BCUT2D eigenvalue weighted by atomic mass is 16.5. The molecule has 0 saturated heterocycles. The lowest BCUT2D eigenvalue weighted by Crippen LogP contribution is -2.43. The van der Waals surface area contributed by atoms with Crippen LogP contribution < -0.4 is 10.1 Å². The number of fused-ring (bicyclic) bond motifs is 1. The molecule has 1 saturated carbocycles. The molecule has 1 aliphatic carbocycles. The molecule has 2 aromatic rings. The summed E-state index contributed by atoms with van der Waals surface area (Å²) < 4.78 is 5.77. The second-order valence-corrected chi connectivity index (χ2v) is 8.68. The van der Waals surface area contributed by atoms with Gasteiger partial charge in [0.05, 0.1) is 6.04 Å². The number of ether oxygens (including phenoxy) is 1. The normalized spacial score (nSPS) is 18.5. The number of carbonyl (C=O) groups is 2. The van der Waals surface area contributed by atoms with Crippen molar-refractivity contribution in [1.29, 1.82) is 0 Å². The monoisotopic (exact) mass is 420 g/mol. The van der Waals surface area contributed by atoms with Crippen molar-refractivity contribution < 1.29 is 14.3 Å². The van der Waals surface area contributed by atoms with Gasteiger partial charge in [-0.05, 0) is 61.9 Å². The zero-order chi connectivity index (χ0) is 21.8. The first-order valence-electron chi connectivity index (χ1n) is 11.5. The maximum Gasteiger partial charge on any atom is 0.257 e. The van der Waals surface area contributed by atoms with Crippen molar-refractivity contribution in [2.75, 3.05) is 19.7 Å². The van der Waals surface area contributed by atoms with E-state index in [-0.39, 0.29) is 30.4 Å². The highest BCUT2D eigenvalue weighted by molar-refractivity contribution is 5.80. The molecule has 0 bridgehead atoms. The fourth-order valence-electron chi connectivity index (χ4n) is 4.92. The van der Waals surface area contributed by atoms with Crippen molar-refractivity contribution in [1.82, 2.24) is 10.2 Å². The fourth-order valence-corrected chi connectivity index (χ4v) is 4.92. The predicted octanol–water partition coefficient (Wildman–Crippen LogP) is 4.17. The van der Waals surface area contributed by atoms with Crippen LogP contribution in [-0.2, 0) is 16.0 Å². The molecule has 1 atom stereocenters. The molecule has 0 aromatic heterocycles. The summed E-state index contributed by atoms with van der Waals surface area (Å²) in [6, 6.07) is 14.4. The van der Waals surface area contributed by atoms with Crippen LogP contribution in [-0.4, -0.2) is 36.4 Å². The Balaban J connectivity index is 1.68. The number of nitrogens with one attached hydrogen (secondary N) is 1. The molecule has 0 radical (unpaired) electrons. The Morgan fingerprint density at radius 1 is 1.13 bits per heavy atom. The Morgan fingerprint density at radius 2 is 1.94 bits per heavy atom. The number of aryl methyl sites for hydroxylation is 1. The van der Waals surface area contributed by atoms with Crippen LogP contribution in [0.2, 0.25) is 0 Å². The van der Waals surface area contributed by atoms with Gasteiger partial charge in [0.15, 0.2) is 6.61 Å². The summed E-state index contributed by atoms with van der Waals surface area (Å²) in [5, 5.41) is 2.76. The molecule has 31 heavy (non-hydrogen) atoms. The van der Waals surface area contributed by atoms with Gasteiger partial charge in [-0.25, -0.2) is 0 Å². The third-order valence-electron chi connectivity index (χ3n) is 6.43. The minimum Gasteiger partial charge on any atom is -0.484 e. The maximum atomic E-state index is 13.5. The predicted molar refractivity (Wildman–Crippen MR) is 121 cm³/mol. The van der Waals surface area contributed by atoms with Crippen LogP contribution in [0.3, 0.4) is 0 Å². The van der Waals surface area contributed by atoms with Gasteiger partial charge < -0.3 is 15.0 Å². The molecule has 2 aliphatic rings. The standard InChI is InChI=1S/C26H32N2O3/c1-3-27-24(29)17-31-22-12-11-19-13-14-28(26(30)20-8-4-5-9-20)25(23(19)16-22)21-10-6-7-18(2)15-21/h6-7,10-12,15-16,20,25H,3-5,8-9,13-14,17H2,1-2H3,(H,27,29). The van der Waals surface area contributed by atoms with Gasteiger partial charge in [-0.15, -0.1) is 0 Å². The minimum absolute atomic E-state index is 0.00748. The van der Waals surface area contributed by atoms with Gasteiger partial charge >= 0.3 is 0 Å². The van der Waals surface area contributed by atoms with Gasteiger partial charge in [-0.2, -0.15) is 0 Å². The topological polar surface area (TPSA) is 58.6 Å². The third kappa shape index (κ3) is 4.76. The number of hydrogen-bond donors (Lipinski definition) is 1. The number of likely N-dealkylation sites (N-methyl/N-ethyl adjacent to an activating group) is 1. The quantitative estimate of drug-likeness (QED) is 0.763. The summed E-state index contributed by atoms with van der Waals surface area (Å²) in [7, 11) is 0. The van der Waals surface area contributed by atoms with E-state index in [0.717, 1.165) is 49.8 Å². The van der Waals surface area contributed by atoms with Crippen LogP contribution in [0.4, 0.5) is 0 Å². The molecule has 5 heteroatoms. The molecule has 1 aliphatic heterocycles. The van der Waals surface area contributed by atoms with Crippen LogP contribution in [0, 0.1) is 12.8 Å². The summed E-state index contributed by atoms with van der Waals surface area (Å²) in [5.41, 5.74) is 4.67. The number of rotatable bonds is 6. The third-order valence-corrected chi connectivity index (χ3v) is 6.43. The first kappa shape index (κ1) is 21.4. The second kappa shape index (κ2) is 9.54. The van der Waals surface area contributed by atoms with Crippen LogP contribution in [0.25, 0.3) is 0 Å². The van der Waals surface area contributed by atoms with Gasteiger partial charge in [0.2, 0.25) is 5.91 Å². The summed E-state index contributed by atoms with van der Waals surface area (Å²) in [6.45, 7) is 5.29. The van der Waals surface area contributed by atoms with Crippen LogP contribution in [0.1, 0.15) is 60.9 Å². The summed E-state index contributed by atoms with van der Waals surface area (Å²) in [6.07, 6.45) is 5.13. The van der Waals surface area contributed by atoms with Crippen molar-refractivity contribution in [3.05, 3.63) is 64.7 Å². The van der Waals surface area contributed by atoms with Gasteiger partial charge in [0, 0.05) is 19.0 Å². The van der Waals surface area contributed by atoms with Crippen LogP contribution >= 0.6 is 0 Å². The van der Waals surface area contributed by atoms with Gasteiger partial charge in [-0.3, -0.25) is 9.59 Å². The van der Waals surface area contributed by atoms with Crippen molar-refractivity contribution >= 4 is 11.8 Å². The van der Waals surface area contributed by atoms with E-state index in [1.807, 2.05) is 19.1 Å². The van der Waals surface area contributed by atoms with Gasteiger partial charge in [0.1, 0.15) is 5.75 Å². The smallest absolute Gasteiger partial charge is 0.257 e. The Morgan fingerprint density at radius 3 is 2.68 bits per heavy atom. The van der Waals surface area contributed by atoms with Crippen molar-refractivity contribution in [3.8, 4) is 5.75 Å². The van der Waals surface area contributed by atoms with Crippen LogP contribution in [0.5, 0.6) is 5.75 Å². The Labute approximate surface area is 184 Å². The van der Waals surface area contributed by atoms with Crippen molar-refractivity contribution in [2.45, 2.75) is 52.0 Å². The van der Waals surface area contributed by atoms with E-state index in [1.165, 1.54) is 11.1 Å². The summed E-state index contributed by atoms with van der Waals surface area (Å²) >= 11 is 0. The van der Waals surface area contributed by atoms with E-state index in [0.29, 0.717) is 12.3 Å². The average Bonchev–Trinajstić information content (AvgIpc) is 3.31. The zero-order valence-electron chi connectivity index (χ0n) is 18.5. The first-order valence-corrected chi connectivity index (χ1v) is 11.5. The lowest BCUT2D eigenvalue weighted by molar-refractivity contribution is -0.137. The maximum absolute atomic E-state index is 13.5. The van der Waals surface area contributed by atoms with E-state index < -0.39 is 0 Å². The Hall–Kier alpha value is -2.82. The molecule has 164 valence electrons. The molecule has 5 nitrogen and oxygen atoms in total. The van der Waals surface area contributed by atoms with Gasteiger partial charge in [-0.1, -0.05) is 48.7 Å². The molecule has 2 aromatic carbocycles. The number of hydrogen-bond acceptors (Lipinski definition) is 3. The summed E-state index contributed by atoms with van der Waals surface area (Å²) in [4.78, 5) is 27.4. The average molecular weight is 421 g/mol. The lowest BCUT2D eigenvalue weighted by atomic mass is 9.86. The van der Waals surface area contributed by atoms with Gasteiger partial charge in [0.25, 0.3) is 5.91 Å². The SMILES string of the molecule is CCNC(=O)COc1ccc2c(c1)C(c1cccc(C)c1)N(C(=O)C1CCCC1)CC2. The molecular formula is C26H32N2O3. The number of benzene rings is 2. The highest BCUT2D eigenvalue weighted by Crippen LogP contribution is 2.39. The minimum atomic E-state index is -0.131. The van der Waals surface area contributed by atoms with E-state index in [4.69, 9.17) is 4.74 Å². The van der Waals surface area contributed by atoms with E-state index >= 15 is 0 Å². The molecule has 1 unspecified atom stereocenters. The number of amides is 2. The molecule has 1 fully saturated rings. The first-order chi connectivity index (χ1) is 15.1. The van der Waals surface area contributed by atoms with E-state index in [9.17, 15) is 9.59 Å². The van der Waals surface area contributed by atoms with Crippen molar-refractivity contribution in [3.63, 3.8) is 0 Å². The molecule has 1 N–H and O–H groups in total. The fraction of sp³-hybridized carbons (Fsp3) is 0.462. The molecular weight excluding hydrogens is 388 g/mol. The van der Waals surface area contributed by atoms with Crippen LogP contribution in [0.15, 0.2) is 42.5 Å². The Kier molecular flexibility index (Phi) is 6.59. The number of nitrogens with zero attached hydrogens (tertiary/aromatic N) is 1. The van der Waals surface area contributed by atoms with E-state index in [2.05, 4.69) is 47.5 Å². The molecule has 4 rings (SSSR count). The Bertz CT molecular complexity index is 949. The highest BCUT2D eigenvalue weighted by Gasteiger charge is 2.36. The lowest BCUT2D eigenvalue weighted by Gasteiger charge is -2.39. The van der Waals surface area contributed by atoms with E-state index in [1.54, 1.807) is 0 Å².